The highest BCUT2D eigenvalue weighted by atomic mass is 16.5. The van der Waals surface area contributed by atoms with Gasteiger partial charge in [0, 0.05) is 31.9 Å². The molecule has 0 saturated carbocycles. The summed E-state index contributed by atoms with van der Waals surface area (Å²) >= 11 is 0. The second-order valence-electron chi connectivity index (χ2n) is 5.61. The fourth-order valence-corrected chi connectivity index (χ4v) is 2.51. The molecule has 7 nitrogen and oxygen atoms in total. The number of rotatable bonds is 6. The molecule has 1 atom stereocenters. The van der Waals surface area contributed by atoms with Gasteiger partial charge in [-0.2, -0.15) is 5.10 Å². The van der Waals surface area contributed by atoms with Crippen molar-refractivity contribution in [3.63, 3.8) is 0 Å². The summed E-state index contributed by atoms with van der Waals surface area (Å²) in [6, 6.07) is 2.03. The summed E-state index contributed by atoms with van der Waals surface area (Å²) < 4.78 is 5.38. The lowest BCUT2D eigenvalue weighted by atomic mass is 10.0. The van der Waals surface area contributed by atoms with Gasteiger partial charge in [-0.25, -0.2) is 4.79 Å². The summed E-state index contributed by atoms with van der Waals surface area (Å²) in [5.41, 5.74) is 0.888. The van der Waals surface area contributed by atoms with Crippen molar-refractivity contribution in [1.29, 1.82) is 0 Å². The summed E-state index contributed by atoms with van der Waals surface area (Å²) in [7, 11) is 0. The molecule has 0 aliphatic carbocycles. The molecule has 1 aliphatic rings. The highest BCUT2D eigenvalue weighted by molar-refractivity contribution is 5.73. The lowest BCUT2D eigenvalue weighted by molar-refractivity contribution is 0.00719. The number of amides is 2. The van der Waals surface area contributed by atoms with Crippen molar-refractivity contribution in [3.8, 4) is 0 Å². The SMILES string of the molecule is CC(C)C(CNC(=O)NCc1ccn[nH]1)N1CCOCC1. The molecule has 0 radical (unpaired) electrons. The van der Waals surface area contributed by atoms with Crippen molar-refractivity contribution >= 4 is 6.03 Å². The Morgan fingerprint density at radius 1 is 1.43 bits per heavy atom. The Morgan fingerprint density at radius 3 is 2.81 bits per heavy atom. The molecular weight excluding hydrogens is 270 g/mol. The number of carbonyl (C=O) groups is 1. The average molecular weight is 295 g/mol. The van der Waals surface area contributed by atoms with Crippen LogP contribution in [0.25, 0.3) is 0 Å². The van der Waals surface area contributed by atoms with Gasteiger partial charge in [-0.1, -0.05) is 13.8 Å². The van der Waals surface area contributed by atoms with Crippen LogP contribution in [-0.2, 0) is 11.3 Å². The Morgan fingerprint density at radius 2 is 2.19 bits per heavy atom. The lowest BCUT2D eigenvalue weighted by Crippen LogP contribution is -2.52. The minimum atomic E-state index is -0.150. The maximum atomic E-state index is 11.8. The van der Waals surface area contributed by atoms with Gasteiger partial charge >= 0.3 is 6.03 Å². The predicted molar refractivity (Wildman–Crippen MR) is 79.8 cm³/mol. The first-order valence-corrected chi connectivity index (χ1v) is 7.48. The topological polar surface area (TPSA) is 82.3 Å². The van der Waals surface area contributed by atoms with Crippen LogP contribution >= 0.6 is 0 Å². The van der Waals surface area contributed by atoms with E-state index in [-0.39, 0.29) is 6.03 Å². The van der Waals surface area contributed by atoms with Crippen LogP contribution in [-0.4, -0.2) is 60.0 Å². The van der Waals surface area contributed by atoms with Crippen LogP contribution < -0.4 is 10.6 Å². The van der Waals surface area contributed by atoms with Gasteiger partial charge in [-0.05, 0) is 12.0 Å². The van der Waals surface area contributed by atoms with Crippen molar-refractivity contribution in [2.24, 2.45) is 5.92 Å². The van der Waals surface area contributed by atoms with E-state index in [1.54, 1.807) is 6.20 Å². The van der Waals surface area contributed by atoms with E-state index in [0.29, 0.717) is 25.0 Å². The summed E-state index contributed by atoms with van der Waals surface area (Å²) in [5.74, 6) is 0.482. The quantitative estimate of drug-likeness (QED) is 0.716. The van der Waals surface area contributed by atoms with Crippen molar-refractivity contribution in [2.75, 3.05) is 32.8 Å². The summed E-state index contributed by atoms with van der Waals surface area (Å²) in [6.07, 6.45) is 1.67. The number of urea groups is 1. The Labute approximate surface area is 125 Å². The van der Waals surface area contributed by atoms with Crippen molar-refractivity contribution in [3.05, 3.63) is 18.0 Å². The highest BCUT2D eigenvalue weighted by Crippen LogP contribution is 2.12. The van der Waals surface area contributed by atoms with Crippen LogP contribution in [0.5, 0.6) is 0 Å². The minimum absolute atomic E-state index is 0.150. The molecule has 2 heterocycles. The number of aromatic nitrogens is 2. The van der Waals surface area contributed by atoms with Gasteiger partial charge in [0.25, 0.3) is 0 Å². The third kappa shape index (κ3) is 5.02. The minimum Gasteiger partial charge on any atom is -0.379 e. The van der Waals surface area contributed by atoms with E-state index >= 15 is 0 Å². The molecule has 0 spiro atoms. The van der Waals surface area contributed by atoms with Crippen molar-refractivity contribution in [2.45, 2.75) is 26.4 Å². The number of nitrogens with one attached hydrogen (secondary N) is 3. The van der Waals surface area contributed by atoms with Gasteiger partial charge in [0.15, 0.2) is 0 Å². The first-order chi connectivity index (χ1) is 10.2. The molecule has 1 unspecified atom stereocenters. The Hall–Kier alpha value is -1.60. The maximum Gasteiger partial charge on any atom is 0.315 e. The molecule has 7 heteroatoms. The number of morpholine rings is 1. The lowest BCUT2D eigenvalue weighted by Gasteiger charge is -2.36. The number of nitrogens with zero attached hydrogens (tertiary/aromatic N) is 2. The standard InChI is InChI=1S/C14H25N5O2/c1-11(2)13(19-5-7-21-8-6-19)10-16-14(20)15-9-12-3-4-17-18-12/h3-4,11,13H,5-10H2,1-2H3,(H,17,18)(H2,15,16,20). The number of H-pyrrole nitrogens is 1. The summed E-state index contributed by atoms with van der Waals surface area (Å²) in [6.45, 7) is 8.88. The van der Waals surface area contributed by atoms with Gasteiger partial charge in [0.2, 0.25) is 0 Å². The van der Waals surface area contributed by atoms with Crippen molar-refractivity contribution in [1.82, 2.24) is 25.7 Å². The third-order valence-corrected chi connectivity index (χ3v) is 3.75. The summed E-state index contributed by atoms with van der Waals surface area (Å²) in [5, 5.41) is 12.4. The second-order valence-corrected chi connectivity index (χ2v) is 5.61. The molecule has 0 aromatic carbocycles. The molecule has 2 amide bonds. The molecule has 3 N–H and O–H groups in total. The molecule has 1 fully saturated rings. The largest absolute Gasteiger partial charge is 0.379 e. The van der Waals surface area contributed by atoms with Gasteiger partial charge in [0.1, 0.15) is 0 Å². The van der Waals surface area contributed by atoms with Gasteiger partial charge < -0.3 is 15.4 Å². The first kappa shape index (κ1) is 15.8. The molecule has 1 saturated heterocycles. The first-order valence-electron chi connectivity index (χ1n) is 7.48. The van der Waals surface area contributed by atoms with E-state index in [4.69, 9.17) is 4.74 Å². The van der Waals surface area contributed by atoms with E-state index in [2.05, 4.69) is 39.6 Å². The molecule has 118 valence electrons. The van der Waals surface area contributed by atoms with E-state index < -0.39 is 0 Å². The average Bonchev–Trinajstić information content (AvgIpc) is 2.99. The Kier molecular flexibility index (Phi) is 6.01. The van der Waals surface area contributed by atoms with Crippen molar-refractivity contribution < 1.29 is 9.53 Å². The second kappa shape index (κ2) is 7.99. The zero-order valence-corrected chi connectivity index (χ0v) is 12.8. The van der Waals surface area contributed by atoms with Crippen LogP contribution in [0.3, 0.4) is 0 Å². The molecular formula is C14H25N5O2. The van der Waals surface area contributed by atoms with E-state index in [0.717, 1.165) is 32.0 Å². The van der Waals surface area contributed by atoms with Gasteiger partial charge in [0.05, 0.1) is 25.5 Å². The fourth-order valence-electron chi connectivity index (χ4n) is 2.51. The molecule has 1 aromatic rings. The predicted octanol–water partition coefficient (Wildman–Crippen LogP) is 0.566. The van der Waals surface area contributed by atoms with Gasteiger partial charge in [-0.3, -0.25) is 10.00 Å². The Bertz CT molecular complexity index is 415. The van der Waals surface area contributed by atoms with E-state index in [1.165, 1.54) is 0 Å². The third-order valence-electron chi connectivity index (χ3n) is 3.75. The van der Waals surface area contributed by atoms with Crippen LogP contribution in [0.15, 0.2) is 12.3 Å². The number of aromatic amines is 1. The van der Waals surface area contributed by atoms with E-state index in [1.807, 2.05) is 6.07 Å². The monoisotopic (exact) mass is 295 g/mol. The zero-order chi connectivity index (χ0) is 15.1. The number of hydrogen-bond donors (Lipinski definition) is 3. The van der Waals surface area contributed by atoms with Gasteiger partial charge in [-0.15, -0.1) is 0 Å². The Balaban J connectivity index is 1.74. The molecule has 21 heavy (non-hydrogen) atoms. The smallest absolute Gasteiger partial charge is 0.315 e. The molecule has 1 aliphatic heterocycles. The van der Waals surface area contributed by atoms with Crippen LogP contribution in [0.1, 0.15) is 19.5 Å². The molecule has 2 rings (SSSR count). The number of carbonyl (C=O) groups excluding carboxylic acids is 1. The molecule has 1 aromatic heterocycles. The van der Waals surface area contributed by atoms with Crippen LogP contribution in [0.2, 0.25) is 0 Å². The van der Waals surface area contributed by atoms with E-state index in [9.17, 15) is 4.79 Å². The molecule has 0 bridgehead atoms. The maximum absolute atomic E-state index is 11.8. The van der Waals surface area contributed by atoms with Crippen LogP contribution in [0.4, 0.5) is 4.79 Å². The zero-order valence-electron chi connectivity index (χ0n) is 12.8. The number of ether oxygens (including phenoxy) is 1. The normalized spacial score (nSPS) is 17.7. The number of hydrogen-bond acceptors (Lipinski definition) is 4. The van der Waals surface area contributed by atoms with Crippen LogP contribution in [0, 0.1) is 5.92 Å². The highest BCUT2D eigenvalue weighted by Gasteiger charge is 2.24. The fraction of sp³-hybridized carbons (Fsp3) is 0.714. The summed E-state index contributed by atoms with van der Waals surface area (Å²) in [4.78, 5) is 14.2.